The van der Waals surface area contributed by atoms with E-state index in [1.807, 2.05) is 52.0 Å². The van der Waals surface area contributed by atoms with Gasteiger partial charge in [0, 0.05) is 16.8 Å². The zero-order valence-corrected chi connectivity index (χ0v) is 24.3. The van der Waals surface area contributed by atoms with Crippen LogP contribution in [0.5, 0.6) is 5.75 Å². The summed E-state index contributed by atoms with van der Waals surface area (Å²) in [6.45, 7) is 20.6. The van der Waals surface area contributed by atoms with E-state index in [0.29, 0.717) is 22.5 Å². The average Bonchev–Trinajstić information content (AvgIpc) is 3.25. The van der Waals surface area contributed by atoms with Crippen LogP contribution in [0.3, 0.4) is 0 Å². The van der Waals surface area contributed by atoms with Gasteiger partial charge in [0.1, 0.15) is 5.75 Å². The Morgan fingerprint density at radius 2 is 1.58 bits per heavy atom. The normalized spacial score (nSPS) is 22.3. The van der Waals surface area contributed by atoms with Crippen molar-refractivity contribution in [1.82, 2.24) is 0 Å². The summed E-state index contributed by atoms with van der Waals surface area (Å²) >= 11 is 0. The molecule has 0 spiro atoms. The van der Waals surface area contributed by atoms with Gasteiger partial charge in [-0.05, 0) is 62.0 Å². The van der Waals surface area contributed by atoms with Crippen molar-refractivity contribution in [2.75, 3.05) is 0 Å². The van der Waals surface area contributed by atoms with E-state index in [-0.39, 0.29) is 23.2 Å². The van der Waals surface area contributed by atoms with Gasteiger partial charge in [-0.1, -0.05) is 59.8 Å². The lowest BCUT2D eigenvalue weighted by Crippen LogP contribution is -2.41. The molecule has 2 aliphatic rings. The fraction of sp³-hybridized carbons (Fsp3) is 0.571. The summed E-state index contributed by atoms with van der Waals surface area (Å²) in [6, 6.07) is 5.70. The Kier molecular flexibility index (Phi) is 7.69. The number of hydrogen-bond acceptors (Lipinski definition) is 5. The molecule has 198 valence electrons. The maximum Gasteiger partial charge on any atom is 0.498 e. The molecule has 0 aromatic heterocycles. The quantitative estimate of drug-likeness (QED) is 0.230. The van der Waals surface area contributed by atoms with Gasteiger partial charge in [0.2, 0.25) is 0 Å². The zero-order valence-electron chi connectivity index (χ0n) is 23.4. The molecule has 2 aliphatic heterocycles. The van der Waals surface area contributed by atoms with E-state index in [0.717, 1.165) is 9.80 Å². The van der Waals surface area contributed by atoms with Gasteiger partial charge < -0.3 is 19.8 Å². The highest BCUT2D eigenvalue weighted by molar-refractivity contribution is 8.24. The highest BCUT2D eigenvalue weighted by Gasteiger charge is 2.53. The lowest BCUT2D eigenvalue weighted by atomic mass is 9.78. The molecule has 1 aromatic rings. The van der Waals surface area contributed by atoms with Gasteiger partial charge in [0.05, 0.1) is 16.1 Å². The summed E-state index contributed by atoms with van der Waals surface area (Å²) in [6.07, 6.45) is 4.76. The van der Waals surface area contributed by atoms with Gasteiger partial charge in [-0.25, -0.2) is 0 Å². The minimum absolute atomic E-state index is 0.00730. The molecule has 0 bridgehead atoms. The number of nitrogens with two attached hydrogens (primary N) is 1. The molecule has 36 heavy (non-hydrogen) atoms. The van der Waals surface area contributed by atoms with E-state index in [9.17, 15) is 9.59 Å². The first-order valence-corrected chi connectivity index (χ1v) is 13.9. The lowest BCUT2D eigenvalue weighted by molar-refractivity contribution is -0.135. The third kappa shape index (κ3) is 5.92. The van der Waals surface area contributed by atoms with Gasteiger partial charge in [-0.15, -0.1) is 0 Å². The Hall–Kier alpha value is -2.03. The molecule has 1 amide bonds. The Bertz CT molecular complexity index is 1090. The SMILES string of the molecule is CC(C)(C)CCC(=O)Oc1c(B2OC(C)(C)C(C)(C)O2)cccc1[SH]1C(C(N)=O)=CC=C1C(C)(C)C. The Labute approximate surface area is 219 Å². The predicted octanol–water partition coefficient (Wildman–Crippen LogP) is 5.39. The number of esters is 1. The van der Waals surface area contributed by atoms with Crippen molar-refractivity contribution >= 4 is 35.4 Å². The van der Waals surface area contributed by atoms with Crippen molar-refractivity contribution in [1.29, 1.82) is 0 Å². The van der Waals surface area contributed by atoms with Crippen LogP contribution in [0.1, 0.15) is 82.1 Å². The molecule has 1 fully saturated rings. The summed E-state index contributed by atoms with van der Waals surface area (Å²) < 4.78 is 18.8. The summed E-state index contributed by atoms with van der Waals surface area (Å²) in [4.78, 5) is 28.0. The van der Waals surface area contributed by atoms with Crippen molar-refractivity contribution in [2.24, 2.45) is 16.6 Å². The summed E-state index contributed by atoms with van der Waals surface area (Å²) in [5.41, 5.74) is 5.12. The third-order valence-corrected chi connectivity index (χ3v) is 9.96. The molecule has 0 radical (unpaired) electrons. The molecule has 0 saturated carbocycles. The standard InChI is InChI=1S/C28H42BNO5S/c1-25(2,3)17-16-22(31)33-23-18(29-34-27(7,8)28(9,10)35-29)12-11-13-19(23)36-20(24(30)32)14-15-21(36)26(4,5)6/h11-15,36H,16-17H2,1-10H3,(H2,30,32). The van der Waals surface area contributed by atoms with Crippen LogP contribution >= 0.6 is 10.9 Å². The largest absolute Gasteiger partial charge is 0.498 e. The van der Waals surface area contributed by atoms with Crippen molar-refractivity contribution in [3.63, 3.8) is 0 Å². The highest BCUT2D eigenvalue weighted by atomic mass is 32.2. The number of amides is 1. The van der Waals surface area contributed by atoms with Crippen LogP contribution in [0, 0.1) is 10.8 Å². The number of primary amides is 1. The van der Waals surface area contributed by atoms with E-state index in [1.165, 1.54) is 0 Å². The van der Waals surface area contributed by atoms with Crippen LogP contribution in [0.4, 0.5) is 0 Å². The fourth-order valence-electron chi connectivity index (χ4n) is 4.10. The molecule has 1 saturated heterocycles. The third-order valence-electron chi connectivity index (χ3n) is 6.97. The van der Waals surface area contributed by atoms with E-state index in [4.69, 9.17) is 19.8 Å². The van der Waals surface area contributed by atoms with Crippen LogP contribution in [0.15, 0.2) is 45.1 Å². The van der Waals surface area contributed by atoms with Crippen LogP contribution < -0.4 is 15.9 Å². The van der Waals surface area contributed by atoms with E-state index in [1.54, 1.807) is 6.08 Å². The minimum atomic E-state index is -1.30. The molecule has 1 aromatic carbocycles. The second-order valence-corrected chi connectivity index (χ2v) is 15.0. The van der Waals surface area contributed by atoms with Crippen LogP contribution in [-0.2, 0) is 18.9 Å². The number of para-hydroxylation sites is 1. The van der Waals surface area contributed by atoms with Crippen molar-refractivity contribution in [3.8, 4) is 5.75 Å². The molecule has 1 atom stereocenters. The summed E-state index contributed by atoms with van der Waals surface area (Å²) in [5, 5.41) is 0. The Morgan fingerprint density at radius 3 is 2.08 bits per heavy atom. The number of carbonyl (C=O) groups is 2. The number of ether oxygens (including phenoxy) is 1. The fourth-order valence-corrected chi connectivity index (χ4v) is 6.83. The second kappa shape index (κ2) is 9.69. The summed E-state index contributed by atoms with van der Waals surface area (Å²) in [7, 11) is -2.02. The number of benzene rings is 1. The number of carbonyl (C=O) groups excluding carboxylic acids is 2. The first-order chi connectivity index (χ1) is 16.3. The molecule has 6 nitrogen and oxygen atoms in total. The van der Waals surface area contributed by atoms with Crippen LogP contribution in [0.25, 0.3) is 0 Å². The van der Waals surface area contributed by atoms with Gasteiger partial charge in [-0.2, -0.15) is 10.9 Å². The maximum absolute atomic E-state index is 13.1. The minimum Gasteiger partial charge on any atom is -0.426 e. The van der Waals surface area contributed by atoms with E-state index in [2.05, 4.69) is 41.5 Å². The van der Waals surface area contributed by atoms with Crippen molar-refractivity contribution in [3.05, 3.63) is 40.2 Å². The second-order valence-electron chi connectivity index (χ2n) is 12.9. The number of rotatable bonds is 6. The highest BCUT2D eigenvalue weighted by Crippen LogP contribution is 2.61. The van der Waals surface area contributed by atoms with Gasteiger partial charge in [-0.3, -0.25) is 9.59 Å². The van der Waals surface area contributed by atoms with Gasteiger partial charge in [0.25, 0.3) is 5.91 Å². The first kappa shape index (κ1) is 28.5. The predicted molar refractivity (Wildman–Crippen MR) is 149 cm³/mol. The smallest absolute Gasteiger partial charge is 0.426 e. The Balaban J connectivity index is 2.14. The van der Waals surface area contributed by atoms with Crippen molar-refractivity contribution in [2.45, 2.75) is 98.2 Å². The van der Waals surface area contributed by atoms with Gasteiger partial charge >= 0.3 is 13.1 Å². The maximum atomic E-state index is 13.1. The lowest BCUT2D eigenvalue weighted by Gasteiger charge is -2.33. The molecule has 2 heterocycles. The molecular formula is C28H42BNO5S. The van der Waals surface area contributed by atoms with Crippen molar-refractivity contribution < 1.29 is 23.6 Å². The van der Waals surface area contributed by atoms with E-state index < -0.39 is 35.1 Å². The molecular weight excluding hydrogens is 473 g/mol. The molecule has 3 rings (SSSR count). The average molecular weight is 516 g/mol. The molecule has 1 unspecified atom stereocenters. The van der Waals surface area contributed by atoms with Crippen LogP contribution in [0.2, 0.25) is 0 Å². The van der Waals surface area contributed by atoms with Gasteiger partial charge in [0.15, 0.2) is 0 Å². The first-order valence-electron chi connectivity index (χ1n) is 12.6. The Morgan fingerprint density at radius 1 is 1.00 bits per heavy atom. The number of hydrogen-bond donors (Lipinski definition) is 2. The summed E-state index contributed by atoms with van der Waals surface area (Å²) in [5.74, 6) is -0.386. The van der Waals surface area contributed by atoms with E-state index >= 15 is 0 Å². The topological polar surface area (TPSA) is 87.8 Å². The molecule has 0 aliphatic carbocycles. The monoisotopic (exact) mass is 515 g/mol. The molecule has 8 heteroatoms. The van der Waals surface area contributed by atoms with Crippen LogP contribution in [-0.4, -0.2) is 30.2 Å². The number of thiol groups is 1. The number of allylic oxidation sites excluding steroid dienone is 3. The molecule has 2 N–H and O–H groups in total. The zero-order chi connectivity index (χ0) is 27.3.